The number of nitrogens with zero attached hydrogens (tertiary/aromatic N) is 3. The molecule has 0 saturated carbocycles. The number of carbonyl (C=O) groups is 1. The van der Waals surface area contributed by atoms with E-state index >= 15 is 0 Å². The molecule has 1 aromatic carbocycles. The molecule has 1 rings (SSSR count). The Morgan fingerprint density at radius 3 is 2.00 bits per heavy atom. The molecule has 1 amide bonds. The number of rotatable bonds is 7. The first-order valence-corrected chi connectivity index (χ1v) is 6.64. The first-order chi connectivity index (χ1) is 9.79. The summed E-state index contributed by atoms with van der Waals surface area (Å²) in [6, 6.07) is 5.84. The molecule has 0 aliphatic carbocycles. The molecule has 0 spiro atoms. The molecule has 0 bridgehead atoms. The Balaban J connectivity index is 2.73. The highest BCUT2D eigenvalue weighted by Crippen LogP contribution is 2.16. The van der Waals surface area contributed by atoms with Crippen molar-refractivity contribution in [3.63, 3.8) is 0 Å². The summed E-state index contributed by atoms with van der Waals surface area (Å²) < 4.78 is 0. The predicted molar refractivity (Wildman–Crippen MR) is 82.3 cm³/mol. The van der Waals surface area contributed by atoms with E-state index < -0.39 is 4.92 Å². The molecule has 0 radical (unpaired) electrons. The van der Waals surface area contributed by atoms with Gasteiger partial charge in [-0.1, -0.05) is 0 Å². The highest BCUT2D eigenvalue weighted by atomic mass is 16.6. The van der Waals surface area contributed by atoms with Crippen molar-refractivity contribution < 1.29 is 9.72 Å². The lowest BCUT2D eigenvalue weighted by Crippen LogP contribution is -2.38. The number of non-ortho nitro benzene ring substituents is 1. The van der Waals surface area contributed by atoms with E-state index in [0.29, 0.717) is 18.8 Å². The van der Waals surface area contributed by atoms with Gasteiger partial charge in [0, 0.05) is 30.9 Å². The number of amides is 1. The molecule has 0 aliphatic heterocycles. The third kappa shape index (κ3) is 5.88. The SMILES string of the molecule is CN(C)CC(CN(C)C)C(=O)Nc1ccc([N+](=O)[O-])cc1. The number of hydrogen-bond acceptors (Lipinski definition) is 5. The highest BCUT2D eigenvalue weighted by Gasteiger charge is 2.20. The molecule has 7 heteroatoms. The van der Waals surface area contributed by atoms with Crippen molar-refractivity contribution in [2.75, 3.05) is 46.6 Å². The topological polar surface area (TPSA) is 78.7 Å². The van der Waals surface area contributed by atoms with Gasteiger partial charge < -0.3 is 15.1 Å². The number of nitrogens with one attached hydrogen (secondary N) is 1. The molecular formula is C14H22N4O3. The standard InChI is InChI=1S/C14H22N4O3/c1-16(2)9-11(10-17(3)4)14(19)15-12-5-7-13(8-6-12)18(20)21/h5-8,11H,9-10H2,1-4H3,(H,15,19). The van der Waals surface area contributed by atoms with E-state index in [1.165, 1.54) is 12.1 Å². The Hall–Kier alpha value is -1.99. The number of nitro benzene ring substituents is 1. The minimum Gasteiger partial charge on any atom is -0.326 e. The van der Waals surface area contributed by atoms with Crippen molar-refractivity contribution in [2.45, 2.75) is 0 Å². The molecule has 7 nitrogen and oxygen atoms in total. The molecule has 0 aromatic heterocycles. The van der Waals surface area contributed by atoms with Gasteiger partial charge in [0.2, 0.25) is 5.91 Å². The summed E-state index contributed by atoms with van der Waals surface area (Å²) in [7, 11) is 7.67. The minimum atomic E-state index is -0.466. The molecule has 21 heavy (non-hydrogen) atoms. The smallest absolute Gasteiger partial charge is 0.269 e. The molecule has 0 heterocycles. The molecule has 0 saturated heterocycles. The van der Waals surface area contributed by atoms with Gasteiger partial charge in [-0.25, -0.2) is 0 Å². The zero-order chi connectivity index (χ0) is 16.0. The van der Waals surface area contributed by atoms with E-state index in [1.807, 2.05) is 38.0 Å². The van der Waals surface area contributed by atoms with Gasteiger partial charge in [0.1, 0.15) is 0 Å². The lowest BCUT2D eigenvalue weighted by molar-refractivity contribution is -0.384. The van der Waals surface area contributed by atoms with Crippen molar-refractivity contribution in [1.29, 1.82) is 0 Å². The maximum Gasteiger partial charge on any atom is 0.269 e. The second-order valence-corrected chi connectivity index (χ2v) is 5.51. The van der Waals surface area contributed by atoms with Crippen LogP contribution >= 0.6 is 0 Å². The lowest BCUT2D eigenvalue weighted by Gasteiger charge is -2.23. The second kappa shape index (κ2) is 7.70. The first-order valence-electron chi connectivity index (χ1n) is 6.64. The fourth-order valence-electron chi connectivity index (χ4n) is 2.02. The van der Waals surface area contributed by atoms with Crippen molar-refractivity contribution >= 4 is 17.3 Å². The number of hydrogen-bond donors (Lipinski definition) is 1. The maximum absolute atomic E-state index is 12.3. The fourth-order valence-corrected chi connectivity index (χ4v) is 2.02. The van der Waals surface area contributed by atoms with Crippen molar-refractivity contribution in [1.82, 2.24) is 9.80 Å². The summed E-state index contributed by atoms with van der Waals surface area (Å²) >= 11 is 0. The van der Waals surface area contributed by atoms with Crippen LogP contribution in [0.3, 0.4) is 0 Å². The molecule has 1 aromatic rings. The average molecular weight is 294 g/mol. The molecular weight excluding hydrogens is 272 g/mol. The minimum absolute atomic E-state index is 0.00568. The zero-order valence-electron chi connectivity index (χ0n) is 12.9. The van der Waals surface area contributed by atoms with Crippen molar-refractivity contribution in [3.8, 4) is 0 Å². The van der Waals surface area contributed by atoms with Gasteiger partial charge in [0.25, 0.3) is 5.69 Å². The van der Waals surface area contributed by atoms with Gasteiger partial charge in [0.05, 0.1) is 10.8 Å². The number of nitro groups is 1. The lowest BCUT2D eigenvalue weighted by atomic mass is 10.1. The summed E-state index contributed by atoms with van der Waals surface area (Å²) in [5, 5.41) is 13.4. The Kier molecular flexibility index (Phi) is 6.26. The molecule has 116 valence electrons. The van der Waals surface area contributed by atoms with Gasteiger partial charge in [-0.15, -0.1) is 0 Å². The molecule has 0 fully saturated rings. The molecule has 0 unspecified atom stereocenters. The zero-order valence-corrected chi connectivity index (χ0v) is 12.9. The van der Waals surface area contributed by atoms with E-state index in [-0.39, 0.29) is 17.5 Å². The summed E-state index contributed by atoms with van der Waals surface area (Å²) in [6.07, 6.45) is 0. The van der Waals surface area contributed by atoms with Gasteiger partial charge in [0.15, 0.2) is 0 Å². The monoisotopic (exact) mass is 294 g/mol. The largest absolute Gasteiger partial charge is 0.326 e. The number of carbonyl (C=O) groups excluding carboxylic acids is 1. The molecule has 0 atom stereocenters. The third-order valence-corrected chi connectivity index (χ3v) is 2.89. The van der Waals surface area contributed by atoms with Crippen LogP contribution in [0, 0.1) is 16.0 Å². The normalized spacial score (nSPS) is 11.2. The highest BCUT2D eigenvalue weighted by molar-refractivity contribution is 5.93. The first kappa shape index (κ1) is 17.1. The number of anilines is 1. The molecule has 0 aliphatic rings. The quantitative estimate of drug-likeness (QED) is 0.605. The Bertz CT molecular complexity index is 475. The van der Waals surface area contributed by atoms with Crippen LogP contribution in [-0.2, 0) is 4.79 Å². The van der Waals surface area contributed by atoms with E-state index in [9.17, 15) is 14.9 Å². The van der Waals surface area contributed by atoms with Crippen molar-refractivity contribution in [2.24, 2.45) is 5.92 Å². The fraction of sp³-hybridized carbons (Fsp3) is 0.500. The Labute approximate surface area is 124 Å². The summed E-state index contributed by atoms with van der Waals surface area (Å²) in [6.45, 7) is 1.27. The van der Waals surface area contributed by atoms with Crippen LogP contribution in [0.4, 0.5) is 11.4 Å². The van der Waals surface area contributed by atoms with Gasteiger partial charge in [-0.05, 0) is 40.3 Å². The third-order valence-electron chi connectivity index (χ3n) is 2.89. The second-order valence-electron chi connectivity index (χ2n) is 5.51. The van der Waals surface area contributed by atoms with E-state index in [1.54, 1.807) is 12.1 Å². The van der Waals surface area contributed by atoms with Crippen LogP contribution in [0.15, 0.2) is 24.3 Å². The van der Waals surface area contributed by atoms with Crippen LogP contribution in [0.2, 0.25) is 0 Å². The summed E-state index contributed by atoms with van der Waals surface area (Å²) in [5.74, 6) is -0.267. The Morgan fingerprint density at radius 1 is 1.14 bits per heavy atom. The van der Waals surface area contributed by atoms with Gasteiger partial charge in [-0.3, -0.25) is 14.9 Å². The Morgan fingerprint density at radius 2 is 1.62 bits per heavy atom. The van der Waals surface area contributed by atoms with Crippen LogP contribution in [0.5, 0.6) is 0 Å². The van der Waals surface area contributed by atoms with Crippen LogP contribution in [-0.4, -0.2) is 61.9 Å². The molecule has 1 N–H and O–H groups in total. The number of benzene rings is 1. The van der Waals surface area contributed by atoms with Crippen molar-refractivity contribution in [3.05, 3.63) is 34.4 Å². The van der Waals surface area contributed by atoms with E-state index in [4.69, 9.17) is 0 Å². The van der Waals surface area contributed by atoms with Crippen LogP contribution in [0.1, 0.15) is 0 Å². The van der Waals surface area contributed by atoms with Crippen LogP contribution < -0.4 is 5.32 Å². The van der Waals surface area contributed by atoms with Gasteiger partial charge in [-0.2, -0.15) is 0 Å². The maximum atomic E-state index is 12.3. The average Bonchev–Trinajstić information content (AvgIpc) is 2.37. The predicted octanol–water partition coefficient (Wildman–Crippen LogP) is 1.27. The van der Waals surface area contributed by atoms with Gasteiger partial charge >= 0.3 is 0 Å². The van der Waals surface area contributed by atoms with E-state index in [0.717, 1.165) is 0 Å². The van der Waals surface area contributed by atoms with E-state index in [2.05, 4.69) is 5.32 Å². The summed E-state index contributed by atoms with van der Waals surface area (Å²) in [4.78, 5) is 26.4. The summed E-state index contributed by atoms with van der Waals surface area (Å²) in [5.41, 5.74) is 0.569. The van der Waals surface area contributed by atoms with Crippen LogP contribution in [0.25, 0.3) is 0 Å².